The molecule has 0 heterocycles. The van der Waals surface area contributed by atoms with Crippen LogP contribution in [0.2, 0.25) is 0 Å². The molecule has 0 aliphatic carbocycles. The highest BCUT2D eigenvalue weighted by atomic mass is 32.2. The highest BCUT2D eigenvalue weighted by molar-refractivity contribution is 7.99. The van der Waals surface area contributed by atoms with Gasteiger partial charge in [-0.3, -0.25) is 4.57 Å². The molecule has 114 valence electrons. The maximum atomic E-state index is 12.2. The molecule has 0 atom stereocenters. The number of hydrogen-bond acceptors (Lipinski definition) is 5. The van der Waals surface area contributed by atoms with Crippen LogP contribution < -0.4 is 5.73 Å². The maximum absolute atomic E-state index is 12.2. The van der Waals surface area contributed by atoms with E-state index in [1.54, 1.807) is 11.8 Å². The molecule has 4 nitrogen and oxygen atoms in total. The SMILES string of the molecule is CCOP(=O)(CCCCSc1ccccc1N)OCC. The molecule has 0 radical (unpaired) electrons. The van der Waals surface area contributed by atoms with E-state index in [0.29, 0.717) is 19.4 Å². The second-order valence-corrected chi connectivity index (χ2v) is 7.59. The summed E-state index contributed by atoms with van der Waals surface area (Å²) in [6, 6.07) is 7.84. The Morgan fingerprint density at radius 1 is 1.15 bits per heavy atom. The summed E-state index contributed by atoms with van der Waals surface area (Å²) < 4.78 is 22.7. The zero-order valence-corrected chi connectivity index (χ0v) is 13.9. The van der Waals surface area contributed by atoms with Gasteiger partial charge >= 0.3 is 7.60 Å². The van der Waals surface area contributed by atoms with Gasteiger partial charge in [0.1, 0.15) is 0 Å². The fourth-order valence-corrected chi connectivity index (χ4v) is 4.47. The number of para-hydroxylation sites is 1. The van der Waals surface area contributed by atoms with E-state index < -0.39 is 7.60 Å². The summed E-state index contributed by atoms with van der Waals surface area (Å²) in [5, 5.41) is 0. The topological polar surface area (TPSA) is 61.5 Å². The molecule has 0 aromatic heterocycles. The summed E-state index contributed by atoms with van der Waals surface area (Å²) in [4.78, 5) is 1.10. The van der Waals surface area contributed by atoms with E-state index in [-0.39, 0.29) is 0 Å². The fourth-order valence-electron chi connectivity index (χ4n) is 1.76. The van der Waals surface area contributed by atoms with Gasteiger partial charge in [-0.1, -0.05) is 12.1 Å². The first-order chi connectivity index (χ1) is 9.61. The second-order valence-electron chi connectivity index (χ2n) is 4.26. The van der Waals surface area contributed by atoms with Gasteiger partial charge in [0.2, 0.25) is 0 Å². The Bertz CT molecular complexity index is 432. The smallest absolute Gasteiger partial charge is 0.330 e. The number of nitrogens with two attached hydrogens (primary N) is 1. The van der Waals surface area contributed by atoms with Crippen molar-refractivity contribution in [3.63, 3.8) is 0 Å². The molecule has 0 aliphatic rings. The summed E-state index contributed by atoms with van der Waals surface area (Å²) in [6.07, 6.45) is 2.28. The number of nitrogen functional groups attached to an aromatic ring is 1. The number of rotatable bonds is 10. The van der Waals surface area contributed by atoms with Crippen LogP contribution in [0.5, 0.6) is 0 Å². The van der Waals surface area contributed by atoms with Crippen molar-refractivity contribution >= 4 is 25.0 Å². The second kappa shape index (κ2) is 9.46. The fraction of sp³-hybridized carbons (Fsp3) is 0.571. The highest BCUT2D eigenvalue weighted by Crippen LogP contribution is 2.48. The van der Waals surface area contributed by atoms with Crippen molar-refractivity contribution in [1.29, 1.82) is 0 Å². The number of benzene rings is 1. The molecule has 1 aromatic carbocycles. The first-order valence-corrected chi connectivity index (χ1v) is 9.68. The highest BCUT2D eigenvalue weighted by Gasteiger charge is 2.22. The standard InChI is InChI=1S/C14H24NO3PS/c1-3-17-19(16,18-4-2)11-7-8-12-20-14-10-6-5-9-13(14)15/h5-6,9-10H,3-4,7-8,11-12,15H2,1-2H3. The van der Waals surface area contributed by atoms with Crippen molar-refractivity contribution in [2.45, 2.75) is 31.6 Å². The molecule has 0 bridgehead atoms. The molecule has 1 aromatic rings. The molecule has 6 heteroatoms. The van der Waals surface area contributed by atoms with Crippen LogP contribution in [0.3, 0.4) is 0 Å². The first-order valence-electron chi connectivity index (χ1n) is 6.96. The van der Waals surface area contributed by atoms with Crippen molar-refractivity contribution < 1.29 is 13.6 Å². The van der Waals surface area contributed by atoms with Crippen LogP contribution in [0, 0.1) is 0 Å². The Labute approximate surface area is 126 Å². The van der Waals surface area contributed by atoms with E-state index in [1.807, 2.05) is 38.1 Å². The van der Waals surface area contributed by atoms with Gasteiger partial charge < -0.3 is 14.8 Å². The summed E-state index contributed by atoms with van der Waals surface area (Å²) in [6.45, 7) is 4.51. The van der Waals surface area contributed by atoms with Gasteiger partial charge in [0.15, 0.2) is 0 Å². The Morgan fingerprint density at radius 2 is 1.80 bits per heavy atom. The van der Waals surface area contributed by atoms with E-state index in [2.05, 4.69) is 0 Å². The van der Waals surface area contributed by atoms with Gasteiger partial charge in [0, 0.05) is 10.6 Å². The van der Waals surface area contributed by atoms with E-state index in [0.717, 1.165) is 29.2 Å². The molecular weight excluding hydrogens is 293 g/mol. The quantitative estimate of drug-likeness (QED) is 0.300. The van der Waals surface area contributed by atoms with Crippen LogP contribution in [-0.2, 0) is 13.6 Å². The molecule has 0 unspecified atom stereocenters. The van der Waals surface area contributed by atoms with Crippen molar-refractivity contribution in [2.24, 2.45) is 0 Å². The van der Waals surface area contributed by atoms with Crippen molar-refractivity contribution in [2.75, 3.05) is 30.9 Å². The number of anilines is 1. The Morgan fingerprint density at radius 3 is 2.40 bits per heavy atom. The summed E-state index contributed by atoms with van der Waals surface area (Å²) >= 11 is 1.73. The van der Waals surface area contributed by atoms with E-state index >= 15 is 0 Å². The lowest BCUT2D eigenvalue weighted by Gasteiger charge is -2.16. The van der Waals surface area contributed by atoms with Crippen LogP contribution in [0.4, 0.5) is 5.69 Å². The Kier molecular flexibility index (Phi) is 8.31. The first kappa shape index (κ1) is 17.6. The monoisotopic (exact) mass is 317 g/mol. The zero-order valence-electron chi connectivity index (χ0n) is 12.2. The van der Waals surface area contributed by atoms with Crippen LogP contribution in [0.1, 0.15) is 26.7 Å². The molecule has 0 saturated heterocycles. The number of thioether (sulfide) groups is 1. The average molecular weight is 317 g/mol. The van der Waals surface area contributed by atoms with E-state index in [4.69, 9.17) is 14.8 Å². The molecular formula is C14H24NO3PS. The molecule has 20 heavy (non-hydrogen) atoms. The minimum atomic E-state index is -2.87. The van der Waals surface area contributed by atoms with Crippen LogP contribution in [-0.4, -0.2) is 25.1 Å². The van der Waals surface area contributed by atoms with E-state index in [9.17, 15) is 4.57 Å². The molecule has 2 N–H and O–H groups in total. The Hall–Kier alpha value is -0.480. The Balaban J connectivity index is 2.27. The normalized spacial score (nSPS) is 11.7. The van der Waals surface area contributed by atoms with Crippen LogP contribution in [0.15, 0.2) is 29.2 Å². The minimum Gasteiger partial charge on any atom is -0.398 e. The van der Waals surface area contributed by atoms with Crippen molar-refractivity contribution in [3.05, 3.63) is 24.3 Å². The van der Waals surface area contributed by atoms with Gasteiger partial charge in [-0.05, 0) is 44.6 Å². The third-order valence-electron chi connectivity index (χ3n) is 2.65. The third kappa shape index (κ3) is 6.31. The number of hydrogen-bond donors (Lipinski definition) is 1. The molecule has 1 rings (SSSR count). The summed E-state index contributed by atoms with van der Waals surface area (Å²) in [5.41, 5.74) is 6.69. The van der Waals surface area contributed by atoms with Gasteiger partial charge in [-0.25, -0.2) is 0 Å². The van der Waals surface area contributed by atoms with Crippen molar-refractivity contribution in [1.82, 2.24) is 0 Å². The molecule has 0 fully saturated rings. The lowest BCUT2D eigenvalue weighted by Crippen LogP contribution is -2.00. The van der Waals surface area contributed by atoms with Gasteiger partial charge in [-0.2, -0.15) is 0 Å². The molecule has 0 aliphatic heterocycles. The molecule has 0 spiro atoms. The molecule has 0 amide bonds. The predicted molar refractivity (Wildman–Crippen MR) is 86.5 cm³/mol. The zero-order chi connectivity index (χ0) is 14.8. The lowest BCUT2D eigenvalue weighted by atomic mass is 10.3. The van der Waals surface area contributed by atoms with Crippen LogP contribution >= 0.6 is 19.4 Å². The summed E-state index contributed by atoms with van der Waals surface area (Å²) in [7, 11) is -2.87. The largest absolute Gasteiger partial charge is 0.398 e. The van der Waals surface area contributed by atoms with Crippen LogP contribution in [0.25, 0.3) is 0 Å². The minimum absolute atomic E-state index is 0.423. The van der Waals surface area contributed by atoms with Gasteiger partial charge in [-0.15, -0.1) is 11.8 Å². The number of unbranched alkanes of at least 4 members (excludes halogenated alkanes) is 1. The van der Waals surface area contributed by atoms with Gasteiger partial charge in [0.05, 0.1) is 19.4 Å². The third-order valence-corrected chi connectivity index (χ3v) is 6.00. The average Bonchev–Trinajstić information content (AvgIpc) is 2.41. The lowest BCUT2D eigenvalue weighted by molar-refractivity contribution is 0.219. The maximum Gasteiger partial charge on any atom is 0.330 e. The van der Waals surface area contributed by atoms with E-state index in [1.165, 1.54) is 0 Å². The predicted octanol–water partition coefficient (Wildman–Crippen LogP) is 4.41. The van der Waals surface area contributed by atoms with Gasteiger partial charge in [0.25, 0.3) is 0 Å². The summed E-state index contributed by atoms with van der Waals surface area (Å²) in [5.74, 6) is 0.951. The van der Waals surface area contributed by atoms with Crippen molar-refractivity contribution in [3.8, 4) is 0 Å². The molecule has 0 saturated carbocycles.